The summed E-state index contributed by atoms with van der Waals surface area (Å²) in [6.07, 6.45) is 0. The number of rotatable bonds is 3. The van der Waals surface area contributed by atoms with Crippen molar-refractivity contribution in [3.8, 4) is 0 Å². The molecule has 0 radical (unpaired) electrons. The smallest absolute Gasteiger partial charge is 0.323 e. The molecule has 104 valence electrons. The van der Waals surface area contributed by atoms with Gasteiger partial charge in [-0.25, -0.2) is 9.18 Å². The number of aliphatic hydroxyl groups is 1. The zero-order valence-corrected chi connectivity index (χ0v) is 11.9. The Morgan fingerprint density at radius 2 is 2.00 bits per heavy atom. The summed E-state index contributed by atoms with van der Waals surface area (Å²) >= 11 is 3.30. The minimum Gasteiger partial charge on any atom is -0.392 e. The summed E-state index contributed by atoms with van der Waals surface area (Å²) in [4.78, 5) is 11.8. The zero-order chi connectivity index (χ0) is 14.5. The normalized spacial score (nSPS) is 10.2. The standard InChI is InChI=1S/C14H12BrFN2O2/c15-10-2-1-3-12(6-10)17-14(20)18-13-7-11(16)5-4-9(13)8-19/h1-7,19H,8H2,(H2,17,18,20). The van der Waals surface area contributed by atoms with Gasteiger partial charge >= 0.3 is 6.03 Å². The van der Waals surface area contributed by atoms with Gasteiger partial charge in [-0.2, -0.15) is 0 Å². The molecular formula is C14H12BrFN2O2. The molecule has 0 bridgehead atoms. The van der Waals surface area contributed by atoms with Crippen LogP contribution in [0.2, 0.25) is 0 Å². The number of carbonyl (C=O) groups is 1. The lowest BCUT2D eigenvalue weighted by molar-refractivity contribution is 0.262. The van der Waals surface area contributed by atoms with Crippen LogP contribution >= 0.6 is 15.9 Å². The summed E-state index contributed by atoms with van der Waals surface area (Å²) in [5.41, 5.74) is 1.27. The van der Waals surface area contributed by atoms with Gasteiger partial charge in [0.15, 0.2) is 0 Å². The van der Waals surface area contributed by atoms with Crippen molar-refractivity contribution in [2.24, 2.45) is 0 Å². The van der Waals surface area contributed by atoms with E-state index in [9.17, 15) is 9.18 Å². The van der Waals surface area contributed by atoms with Crippen molar-refractivity contribution in [1.82, 2.24) is 0 Å². The third kappa shape index (κ3) is 3.79. The number of hydrogen-bond acceptors (Lipinski definition) is 2. The van der Waals surface area contributed by atoms with Crippen molar-refractivity contribution < 1.29 is 14.3 Å². The van der Waals surface area contributed by atoms with Crippen molar-refractivity contribution in [2.75, 3.05) is 10.6 Å². The fourth-order valence-corrected chi connectivity index (χ4v) is 2.05. The summed E-state index contributed by atoms with van der Waals surface area (Å²) < 4.78 is 14.0. The molecule has 0 saturated carbocycles. The molecule has 0 unspecified atom stereocenters. The molecule has 0 heterocycles. The van der Waals surface area contributed by atoms with Gasteiger partial charge < -0.3 is 15.7 Å². The van der Waals surface area contributed by atoms with Gasteiger partial charge in [0.25, 0.3) is 0 Å². The molecule has 2 aromatic carbocycles. The molecule has 0 saturated heterocycles. The number of aliphatic hydroxyl groups excluding tert-OH is 1. The van der Waals surface area contributed by atoms with Crippen LogP contribution in [0.15, 0.2) is 46.9 Å². The van der Waals surface area contributed by atoms with Gasteiger partial charge in [-0.05, 0) is 30.3 Å². The molecule has 0 aliphatic heterocycles. The number of anilines is 2. The molecule has 2 amide bonds. The monoisotopic (exact) mass is 338 g/mol. The minimum absolute atomic E-state index is 0.236. The molecule has 0 fully saturated rings. The van der Waals surface area contributed by atoms with Crippen LogP contribution in [0, 0.1) is 5.82 Å². The molecule has 20 heavy (non-hydrogen) atoms. The van der Waals surface area contributed by atoms with Crippen LogP contribution in [0.1, 0.15) is 5.56 Å². The van der Waals surface area contributed by atoms with Crippen molar-refractivity contribution >= 4 is 33.3 Å². The maximum absolute atomic E-state index is 13.2. The summed E-state index contributed by atoms with van der Waals surface area (Å²) in [7, 11) is 0. The van der Waals surface area contributed by atoms with E-state index in [2.05, 4.69) is 26.6 Å². The molecule has 2 aromatic rings. The van der Waals surface area contributed by atoms with Crippen molar-refractivity contribution in [2.45, 2.75) is 6.61 Å². The van der Waals surface area contributed by atoms with E-state index >= 15 is 0 Å². The van der Waals surface area contributed by atoms with Crippen LogP contribution in [0.3, 0.4) is 0 Å². The molecular weight excluding hydrogens is 327 g/mol. The Kier molecular flexibility index (Phi) is 4.70. The van der Waals surface area contributed by atoms with Crippen molar-refractivity contribution in [3.05, 3.63) is 58.3 Å². The third-order valence-corrected chi connectivity index (χ3v) is 3.07. The Morgan fingerprint density at radius 3 is 2.70 bits per heavy atom. The molecule has 0 atom stereocenters. The van der Waals surface area contributed by atoms with E-state index in [0.29, 0.717) is 11.3 Å². The molecule has 3 N–H and O–H groups in total. The van der Waals surface area contributed by atoms with Crippen LogP contribution in [0.25, 0.3) is 0 Å². The lowest BCUT2D eigenvalue weighted by Crippen LogP contribution is -2.20. The van der Waals surface area contributed by atoms with E-state index in [1.54, 1.807) is 18.2 Å². The van der Waals surface area contributed by atoms with Crippen LogP contribution < -0.4 is 10.6 Å². The molecule has 0 spiro atoms. The van der Waals surface area contributed by atoms with Gasteiger partial charge in [-0.3, -0.25) is 0 Å². The number of nitrogens with one attached hydrogen (secondary N) is 2. The Morgan fingerprint density at radius 1 is 1.20 bits per heavy atom. The Bertz CT molecular complexity index is 634. The molecule has 0 aliphatic rings. The summed E-state index contributed by atoms with van der Waals surface area (Å²) in [6.45, 7) is -0.285. The highest BCUT2D eigenvalue weighted by atomic mass is 79.9. The number of carbonyl (C=O) groups excluding carboxylic acids is 1. The van der Waals surface area contributed by atoms with Gasteiger partial charge in [0.2, 0.25) is 0 Å². The number of urea groups is 1. The zero-order valence-electron chi connectivity index (χ0n) is 10.4. The number of benzene rings is 2. The summed E-state index contributed by atoms with van der Waals surface area (Å²) in [5, 5.41) is 14.3. The number of hydrogen-bond donors (Lipinski definition) is 3. The fourth-order valence-electron chi connectivity index (χ4n) is 1.65. The quantitative estimate of drug-likeness (QED) is 0.798. The van der Waals surface area contributed by atoms with Crippen molar-refractivity contribution in [1.29, 1.82) is 0 Å². The SMILES string of the molecule is O=C(Nc1cccc(Br)c1)Nc1cc(F)ccc1CO. The van der Waals surface area contributed by atoms with E-state index in [1.807, 2.05) is 6.07 Å². The van der Waals surface area contributed by atoms with E-state index in [-0.39, 0.29) is 12.3 Å². The average Bonchev–Trinajstić information content (AvgIpc) is 2.38. The second kappa shape index (κ2) is 6.49. The highest BCUT2D eigenvalue weighted by Crippen LogP contribution is 2.19. The predicted octanol–water partition coefficient (Wildman–Crippen LogP) is 3.72. The second-order valence-electron chi connectivity index (χ2n) is 4.05. The highest BCUT2D eigenvalue weighted by Gasteiger charge is 2.08. The third-order valence-electron chi connectivity index (χ3n) is 2.57. The maximum atomic E-state index is 13.2. The summed E-state index contributed by atoms with van der Waals surface area (Å²) in [5.74, 6) is -0.486. The van der Waals surface area contributed by atoms with E-state index in [0.717, 1.165) is 10.5 Å². The van der Waals surface area contributed by atoms with Gasteiger partial charge in [0.1, 0.15) is 5.82 Å². The molecule has 0 aromatic heterocycles. The van der Waals surface area contributed by atoms with E-state index in [4.69, 9.17) is 5.11 Å². The lowest BCUT2D eigenvalue weighted by atomic mass is 10.2. The van der Waals surface area contributed by atoms with Crippen molar-refractivity contribution in [3.63, 3.8) is 0 Å². The Balaban J connectivity index is 2.10. The minimum atomic E-state index is -0.511. The van der Waals surface area contributed by atoms with Gasteiger partial charge in [-0.1, -0.05) is 28.1 Å². The Hall–Kier alpha value is -1.92. The molecule has 2 rings (SSSR count). The van der Waals surface area contributed by atoms with Crippen LogP contribution in [0.4, 0.5) is 20.6 Å². The maximum Gasteiger partial charge on any atom is 0.323 e. The second-order valence-corrected chi connectivity index (χ2v) is 4.96. The topological polar surface area (TPSA) is 61.4 Å². The molecule has 0 aliphatic carbocycles. The first kappa shape index (κ1) is 14.5. The fraction of sp³-hybridized carbons (Fsp3) is 0.0714. The lowest BCUT2D eigenvalue weighted by Gasteiger charge is -2.11. The first-order chi connectivity index (χ1) is 9.58. The largest absolute Gasteiger partial charge is 0.392 e. The molecule has 6 heteroatoms. The van der Waals surface area contributed by atoms with Crippen LogP contribution in [-0.2, 0) is 6.61 Å². The average molecular weight is 339 g/mol. The summed E-state index contributed by atoms with van der Waals surface area (Å²) in [6, 6.07) is 10.4. The van der Waals surface area contributed by atoms with Gasteiger partial charge in [0, 0.05) is 15.7 Å². The Labute approximate surface area is 123 Å². The van der Waals surface area contributed by atoms with Crippen LogP contribution in [0.5, 0.6) is 0 Å². The first-order valence-electron chi connectivity index (χ1n) is 5.81. The van der Waals surface area contributed by atoms with Crippen LogP contribution in [-0.4, -0.2) is 11.1 Å². The number of halogens is 2. The highest BCUT2D eigenvalue weighted by molar-refractivity contribution is 9.10. The van der Waals surface area contributed by atoms with Gasteiger partial charge in [0.05, 0.1) is 12.3 Å². The molecule has 4 nitrogen and oxygen atoms in total. The van der Waals surface area contributed by atoms with Gasteiger partial charge in [-0.15, -0.1) is 0 Å². The predicted molar refractivity (Wildman–Crippen MR) is 79.1 cm³/mol. The number of amides is 2. The van der Waals surface area contributed by atoms with E-state index in [1.165, 1.54) is 12.1 Å². The van der Waals surface area contributed by atoms with E-state index < -0.39 is 11.8 Å². The first-order valence-corrected chi connectivity index (χ1v) is 6.60.